The predicted octanol–water partition coefficient (Wildman–Crippen LogP) is 4.95. The highest BCUT2D eigenvalue weighted by Gasteiger charge is 2.32. The molecule has 0 atom stereocenters. The summed E-state index contributed by atoms with van der Waals surface area (Å²) >= 11 is 3.47. The second kappa shape index (κ2) is 8.66. The van der Waals surface area contributed by atoms with Gasteiger partial charge in [-0.05, 0) is 60.3 Å². The standard InChI is InChI=1S/C24H23BrN4O4S/c1-15-4-8-18(9-5-15)34(32,33)29-14-20(19-11-17(25)12-26-24(19)29)21-13-28(10-2-3-22(30)31)27-23(21)16-6-7-16/h4-5,8-9,11-14,16H,2-3,6-7,10H2,1H3,(H,30,31). The van der Waals surface area contributed by atoms with Crippen LogP contribution in [0.25, 0.3) is 22.2 Å². The number of carboxylic acids is 1. The minimum Gasteiger partial charge on any atom is -0.481 e. The van der Waals surface area contributed by atoms with Gasteiger partial charge in [-0.1, -0.05) is 17.7 Å². The molecule has 3 aromatic heterocycles. The van der Waals surface area contributed by atoms with Gasteiger partial charge in [0.1, 0.15) is 0 Å². The lowest BCUT2D eigenvalue weighted by Crippen LogP contribution is -2.12. The highest BCUT2D eigenvalue weighted by Crippen LogP contribution is 2.45. The smallest absolute Gasteiger partial charge is 0.303 e. The lowest BCUT2D eigenvalue weighted by molar-refractivity contribution is -0.137. The molecule has 1 N–H and O–H groups in total. The Hall–Kier alpha value is -2.98. The quantitative estimate of drug-likeness (QED) is 0.337. The molecule has 0 amide bonds. The van der Waals surface area contributed by atoms with Crippen molar-refractivity contribution in [3.05, 3.63) is 64.7 Å². The van der Waals surface area contributed by atoms with Crippen LogP contribution in [0, 0.1) is 6.92 Å². The van der Waals surface area contributed by atoms with E-state index >= 15 is 0 Å². The van der Waals surface area contributed by atoms with Crippen molar-refractivity contribution in [3.63, 3.8) is 0 Å². The van der Waals surface area contributed by atoms with Crippen molar-refractivity contribution in [3.8, 4) is 11.1 Å². The van der Waals surface area contributed by atoms with Crippen LogP contribution in [0.4, 0.5) is 0 Å². The molecule has 1 aromatic carbocycles. The third kappa shape index (κ3) is 4.27. The largest absolute Gasteiger partial charge is 0.481 e. The number of halogens is 1. The molecule has 0 unspecified atom stereocenters. The molecule has 8 nitrogen and oxygen atoms in total. The lowest BCUT2D eigenvalue weighted by atomic mass is 10.0. The maximum atomic E-state index is 13.6. The van der Waals surface area contributed by atoms with Gasteiger partial charge in [-0.25, -0.2) is 17.4 Å². The normalized spacial score (nSPS) is 14.1. The van der Waals surface area contributed by atoms with Crippen molar-refractivity contribution in [1.82, 2.24) is 18.7 Å². The Morgan fingerprint density at radius 3 is 2.59 bits per heavy atom. The number of hydrogen-bond acceptors (Lipinski definition) is 5. The Labute approximate surface area is 205 Å². The fourth-order valence-corrected chi connectivity index (χ4v) is 5.74. The minimum atomic E-state index is -3.87. The van der Waals surface area contributed by atoms with Crippen LogP contribution in [0.5, 0.6) is 0 Å². The second-order valence-electron chi connectivity index (χ2n) is 8.64. The number of nitrogens with zero attached hydrogens (tertiary/aromatic N) is 4. The van der Waals surface area contributed by atoms with E-state index in [2.05, 4.69) is 20.9 Å². The highest BCUT2D eigenvalue weighted by molar-refractivity contribution is 9.10. The Kier molecular flexibility index (Phi) is 5.81. The first-order valence-electron chi connectivity index (χ1n) is 11.0. The summed E-state index contributed by atoms with van der Waals surface area (Å²) in [6, 6.07) is 8.62. The Bertz CT molecular complexity index is 1500. The van der Waals surface area contributed by atoms with Crippen LogP contribution in [0.1, 0.15) is 42.9 Å². The number of aryl methyl sites for hydroxylation is 2. The van der Waals surface area contributed by atoms with Gasteiger partial charge in [0.25, 0.3) is 10.0 Å². The van der Waals surface area contributed by atoms with Gasteiger partial charge in [-0.2, -0.15) is 5.10 Å². The monoisotopic (exact) mass is 542 g/mol. The van der Waals surface area contributed by atoms with Crippen molar-refractivity contribution in [2.24, 2.45) is 0 Å². The van der Waals surface area contributed by atoms with E-state index in [4.69, 9.17) is 10.2 Å². The lowest BCUT2D eigenvalue weighted by Gasteiger charge is -2.07. The van der Waals surface area contributed by atoms with Gasteiger partial charge in [0.05, 0.1) is 10.6 Å². The number of rotatable bonds is 8. The van der Waals surface area contributed by atoms with Gasteiger partial charge in [0, 0.05) is 58.5 Å². The van der Waals surface area contributed by atoms with E-state index < -0.39 is 16.0 Å². The van der Waals surface area contributed by atoms with Crippen molar-refractivity contribution in [2.75, 3.05) is 0 Å². The van der Waals surface area contributed by atoms with Gasteiger partial charge in [0.15, 0.2) is 5.65 Å². The highest BCUT2D eigenvalue weighted by atomic mass is 79.9. The van der Waals surface area contributed by atoms with E-state index in [9.17, 15) is 13.2 Å². The van der Waals surface area contributed by atoms with Crippen LogP contribution in [0.2, 0.25) is 0 Å². The number of fused-ring (bicyclic) bond motifs is 1. The molecule has 176 valence electrons. The first-order valence-corrected chi connectivity index (χ1v) is 13.3. The first-order chi connectivity index (χ1) is 16.2. The van der Waals surface area contributed by atoms with Crippen molar-refractivity contribution in [2.45, 2.75) is 50.0 Å². The summed E-state index contributed by atoms with van der Waals surface area (Å²) < 4.78 is 30.9. The fraction of sp³-hybridized carbons (Fsp3) is 0.292. The summed E-state index contributed by atoms with van der Waals surface area (Å²) in [6.45, 7) is 2.39. The van der Waals surface area contributed by atoms with E-state index in [1.54, 1.807) is 41.3 Å². The molecule has 0 radical (unpaired) electrons. The number of hydrogen-bond donors (Lipinski definition) is 1. The Morgan fingerprint density at radius 1 is 1.18 bits per heavy atom. The average molecular weight is 543 g/mol. The van der Waals surface area contributed by atoms with E-state index in [1.165, 1.54) is 3.97 Å². The Balaban J connectivity index is 1.65. The molecule has 4 aromatic rings. The van der Waals surface area contributed by atoms with Crippen LogP contribution >= 0.6 is 15.9 Å². The molecule has 0 aliphatic heterocycles. The van der Waals surface area contributed by atoms with Crippen molar-refractivity contribution < 1.29 is 18.3 Å². The van der Waals surface area contributed by atoms with Gasteiger partial charge in [-0.3, -0.25) is 9.48 Å². The fourth-order valence-electron chi connectivity index (χ4n) is 4.08. The van der Waals surface area contributed by atoms with Crippen molar-refractivity contribution >= 4 is 43.0 Å². The summed E-state index contributed by atoms with van der Waals surface area (Å²) in [5.74, 6) is -0.516. The molecule has 10 heteroatoms. The maximum absolute atomic E-state index is 13.6. The summed E-state index contributed by atoms with van der Waals surface area (Å²) in [7, 11) is -3.87. The van der Waals surface area contributed by atoms with E-state index in [1.807, 2.05) is 19.2 Å². The van der Waals surface area contributed by atoms with Crippen LogP contribution in [0.15, 0.2) is 58.3 Å². The van der Waals surface area contributed by atoms with Crippen LogP contribution in [-0.4, -0.2) is 38.2 Å². The van der Waals surface area contributed by atoms with Gasteiger partial charge >= 0.3 is 5.97 Å². The minimum absolute atomic E-state index is 0.0684. The predicted molar refractivity (Wildman–Crippen MR) is 131 cm³/mol. The molecule has 0 saturated heterocycles. The van der Waals surface area contributed by atoms with Gasteiger partial charge < -0.3 is 5.11 Å². The van der Waals surface area contributed by atoms with E-state index in [-0.39, 0.29) is 11.3 Å². The summed E-state index contributed by atoms with van der Waals surface area (Å²) in [5, 5.41) is 14.4. The van der Waals surface area contributed by atoms with Crippen LogP contribution < -0.4 is 0 Å². The number of pyridine rings is 1. The molecule has 1 aliphatic rings. The SMILES string of the molecule is Cc1ccc(S(=O)(=O)n2cc(-c3cn(CCCC(=O)O)nc3C3CC3)c3cc(Br)cnc32)cc1. The summed E-state index contributed by atoms with van der Waals surface area (Å²) in [4.78, 5) is 15.6. The molecule has 34 heavy (non-hydrogen) atoms. The zero-order chi connectivity index (χ0) is 24.0. The molecule has 5 rings (SSSR count). The number of carbonyl (C=O) groups is 1. The van der Waals surface area contributed by atoms with Crippen LogP contribution in [0.3, 0.4) is 0 Å². The average Bonchev–Trinajstić information content (AvgIpc) is 3.44. The molecule has 1 aliphatic carbocycles. The number of carboxylic acid groups (broad SMARTS) is 1. The molecule has 0 bridgehead atoms. The molecular weight excluding hydrogens is 520 g/mol. The molecule has 1 fully saturated rings. The first kappa shape index (κ1) is 22.8. The summed E-state index contributed by atoms with van der Waals surface area (Å²) in [5.41, 5.74) is 3.84. The molecular formula is C24H23BrN4O4S. The van der Waals surface area contributed by atoms with E-state index in [0.29, 0.717) is 29.9 Å². The zero-order valence-electron chi connectivity index (χ0n) is 18.5. The number of benzene rings is 1. The number of aliphatic carboxylic acids is 1. The third-order valence-corrected chi connectivity index (χ3v) is 8.08. The topological polar surface area (TPSA) is 107 Å². The van der Waals surface area contributed by atoms with Gasteiger partial charge in [-0.15, -0.1) is 0 Å². The van der Waals surface area contributed by atoms with Crippen molar-refractivity contribution in [1.29, 1.82) is 0 Å². The third-order valence-electron chi connectivity index (χ3n) is 5.98. The second-order valence-corrected chi connectivity index (χ2v) is 11.4. The van der Waals surface area contributed by atoms with Gasteiger partial charge in [0.2, 0.25) is 0 Å². The zero-order valence-corrected chi connectivity index (χ0v) is 20.9. The summed E-state index contributed by atoms with van der Waals surface area (Å²) in [6.07, 6.45) is 7.71. The molecule has 1 saturated carbocycles. The molecule has 0 spiro atoms. The molecule has 3 heterocycles. The van der Waals surface area contributed by atoms with Crippen LogP contribution in [-0.2, 0) is 21.4 Å². The maximum Gasteiger partial charge on any atom is 0.303 e. The number of aromatic nitrogens is 4. The Morgan fingerprint density at radius 2 is 1.91 bits per heavy atom. The van der Waals surface area contributed by atoms with E-state index in [0.717, 1.165) is 39.7 Å².